The number of methoxy groups -OCH3 is 1. The fraction of sp³-hybridized carbons (Fsp3) is 0.556. The smallest absolute Gasteiger partial charge is 0.284 e. The molecule has 0 fully saturated rings. The van der Waals surface area contributed by atoms with Gasteiger partial charge in [0.15, 0.2) is 4.60 Å². The third-order valence-electron chi connectivity index (χ3n) is 2.09. The molecule has 0 spiro atoms. The second-order valence-corrected chi connectivity index (χ2v) is 4.65. The van der Waals surface area contributed by atoms with Crippen molar-refractivity contribution in [2.75, 3.05) is 13.7 Å². The molecule has 0 unspecified atom stereocenters. The standard InChI is InChI=1S/C9H12Br2N2O2/c1-3-6(5-15-2)13-4-7(10)12-8(11)9(13)14/h4,6H,3,5H2,1-2H3/t6-/m0/s1. The first kappa shape index (κ1) is 12.9. The van der Waals surface area contributed by atoms with E-state index in [2.05, 4.69) is 36.8 Å². The van der Waals surface area contributed by atoms with Crippen molar-refractivity contribution in [3.63, 3.8) is 0 Å². The van der Waals surface area contributed by atoms with Crippen molar-refractivity contribution in [1.82, 2.24) is 9.55 Å². The van der Waals surface area contributed by atoms with Gasteiger partial charge in [0.05, 0.1) is 12.6 Å². The largest absolute Gasteiger partial charge is 0.383 e. The average molecular weight is 340 g/mol. The van der Waals surface area contributed by atoms with Gasteiger partial charge in [-0.15, -0.1) is 0 Å². The van der Waals surface area contributed by atoms with E-state index < -0.39 is 0 Å². The van der Waals surface area contributed by atoms with Crippen LogP contribution in [0.25, 0.3) is 0 Å². The van der Waals surface area contributed by atoms with E-state index in [1.807, 2.05) is 6.92 Å². The van der Waals surface area contributed by atoms with Crippen molar-refractivity contribution in [3.8, 4) is 0 Å². The summed E-state index contributed by atoms with van der Waals surface area (Å²) in [5.41, 5.74) is -0.137. The Bertz CT molecular complexity index is 392. The molecular weight excluding hydrogens is 328 g/mol. The van der Waals surface area contributed by atoms with Crippen LogP contribution in [-0.4, -0.2) is 23.3 Å². The summed E-state index contributed by atoms with van der Waals surface area (Å²) in [7, 11) is 1.62. The number of aromatic nitrogens is 2. The number of nitrogens with zero attached hydrogens (tertiary/aromatic N) is 2. The molecule has 6 heteroatoms. The van der Waals surface area contributed by atoms with E-state index in [-0.39, 0.29) is 11.6 Å². The van der Waals surface area contributed by atoms with E-state index in [4.69, 9.17) is 4.74 Å². The lowest BCUT2D eigenvalue weighted by atomic mass is 10.2. The lowest BCUT2D eigenvalue weighted by Crippen LogP contribution is -2.28. The van der Waals surface area contributed by atoms with E-state index in [1.165, 1.54) is 0 Å². The van der Waals surface area contributed by atoms with Gasteiger partial charge in [0.1, 0.15) is 4.60 Å². The maximum absolute atomic E-state index is 11.8. The van der Waals surface area contributed by atoms with Gasteiger partial charge in [-0.2, -0.15) is 0 Å². The van der Waals surface area contributed by atoms with Gasteiger partial charge in [0, 0.05) is 13.3 Å². The second kappa shape index (κ2) is 5.77. The Morgan fingerprint density at radius 2 is 2.27 bits per heavy atom. The quantitative estimate of drug-likeness (QED) is 0.845. The molecule has 15 heavy (non-hydrogen) atoms. The van der Waals surface area contributed by atoms with Crippen LogP contribution in [0.1, 0.15) is 19.4 Å². The molecule has 0 aliphatic rings. The fourth-order valence-electron chi connectivity index (χ4n) is 1.31. The van der Waals surface area contributed by atoms with Gasteiger partial charge in [0.25, 0.3) is 5.56 Å². The molecule has 1 atom stereocenters. The number of hydrogen-bond donors (Lipinski definition) is 0. The van der Waals surface area contributed by atoms with E-state index >= 15 is 0 Å². The van der Waals surface area contributed by atoms with E-state index in [0.29, 0.717) is 15.8 Å². The molecule has 0 N–H and O–H groups in total. The summed E-state index contributed by atoms with van der Waals surface area (Å²) < 4.78 is 7.64. The van der Waals surface area contributed by atoms with Crippen molar-refractivity contribution in [1.29, 1.82) is 0 Å². The van der Waals surface area contributed by atoms with Crippen LogP contribution in [0.5, 0.6) is 0 Å². The van der Waals surface area contributed by atoms with Crippen LogP contribution in [0, 0.1) is 0 Å². The minimum Gasteiger partial charge on any atom is -0.383 e. The molecule has 0 aromatic carbocycles. The molecule has 1 aromatic heterocycles. The molecular formula is C9H12Br2N2O2. The van der Waals surface area contributed by atoms with Gasteiger partial charge < -0.3 is 9.30 Å². The Kier molecular flexibility index (Phi) is 4.95. The highest BCUT2D eigenvalue weighted by Crippen LogP contribution is 2.14. The van der Waals surface area contributed by atoms with Crippen LogP contribution in [0.3, 0.4) is 0 Å². The lowest BCUT2D eigenvalue weighted by Gasteiger charge is -2.17. The highest BCUT2D eigenvalue weighted by Gasteiger charge is 2.13. The molecule has 0 radical (unpaired) electrons. The number of halogens is 2. The van der Waals surface area contributed by atoms with E-state index in [1.54, 1.807) is 17.9 Å². The Hall–Kier alpha value is -0.200. The normalized spacial score (nSPS) is 12.8. The number of ether oxygens (including phenoxy) is 1. The lowest BCUT2D eigenvalue weighted by molar-refractivity contribution is 0.151. The van der Waals surface area contributed by atoms with Crippen LogP contribution in [-0.2, 0) is 4.74 Å². The maximum atomic E-state index is 11.8. The summed E-state index contributed by atoms with van der Waals surface area (Å²) in [6.45, 7) is 2.53. The van der Waals surface area contributed by atoms with Crippen molar-refractivity contribution >= 4 is 31.9 Å². The summed E-state index contributed by atoms with van der Waals surface area (Å²) in [5, 5.41) is 0. The first-order chi connectivity index (χ1) is 7.10. The first-order valence-electron chi connectivity index (χ1n) is 4.53. The Morgan fingerprint density at radius 3 is 2.80 bits per heavy atom. The van der Waals surface area contributed by atoms with Crippen LogP contribution in [0.2, 0.25) is 0 Å². The number of hydrogen-bond acceptors (Lipinski definition) is 3. The van der Waals surface area contributed by atoms with Crippen molar-refractivity contribution in [2.24, 2.45) is 0 Å². The number of rotatable bonds is 4. The zero-order valence-corrected chi connectivity index (χ0v) is 11.7. The molecule has 84 valence electrons. The SMILES string of the molecule is CC[C@@H](COC)n1cc(Br)nc(Br)c1=O. The maximum Gasteiger partial charge on any atom is 0.284 e. The minimum atomic E-state index is -0.137. The third kappa shape index (κ3) is 3.12. The van der Waals surface area contributed by atoms with Gasteiger partial charge in [-0.1, -0.05) is 6.92 Å². The minimum absolute atomic E-state index is 0.0399. The monoisotopic (exact) mass is 338 g/mol. The Balaban J connectivity index is 3.16. The topological polar surface area (TPSA) is 44.1 Å². The summed E-state index contributed by atoms with van der Waals surface area (Å²) in [6, 6.07) is 0.0399. The van der Waals surface area contributed by atoms with Gasteiger partial charge in [-0.25, -0.2) is 4.98 Å². The molecule has 1 heterocycles. The van der Waals surface area contributed by atoms with Gasteiger partial charge in [0.2, 0.25) is 0 Å². The second-order valence-electron chi connectivity index (χ2n) is 3.08. The van der Waals surface area contributed by atoms with E-state index in [0.717, 1.165) is 6.42 Å². The molecule has 4 nitrogen and oxygen atoms in total. The Morgan fingerprint density at radius 1 is 1.60 bits per heavy atom. The van der Waals surface area contributed by atoms with Crippen LogP contribution < -0.4 is 5.56 Å². The molecule has 1 rings (SSSR count). The summed E-state index contributed by atoms with van der Waals surface area (Å²) >= 11 is 6.38. The van der Waals surface area contributed by atoms with Gasteiger partial charge in [-0.3, -0.25) is 4.79 Å². The molecule has 0 aliphatic heterocycles. The van der Waals surface area contributed by atoms with Gasteiger partial charge in [-0.05, 0) is 38.3 Å². The molecule has 0 saturated heterocycles. The molecule has 0 amide bonds. The highest BCUT2D eigenvalue weighted by atomic mass is 79.9. The fourth-order valence-corrected chi connectivity index (χ4v) is 2.34. The van der Waals surface area contributed by atoms with Crippen molar-refractivity contribution in [2.45, 2.75) is 19.4 Å². The molecule has 0 aliphatic carbocycles. The van der Waals surface area contributed by atoms with Crippen LogP contribution >= 0.6 is 31.9 Å². The third-order valence-corrected chi connectivity index (χ3v) is 2.98. The zero-order chi connectivity index (χ0) is 11.4. The Labute approximate surface area is 105 Å². The molecule has 0 bridgehead atoms. The average Bonchev–Trinajstić information content (AvgIpc) is 2.20. The zero-order valence-electron chi connectivity index (χ0n) is 8.54. The van der Waals surface area contributed by atoms with Crippen molar-refractivity contribution < 1.29 is 4.74 Å². The summed E-state index contributed by atoms with van der Waals surface area (Å²) in [6.07, 6.45) is 2.51. The summed E-state index contributed by atoms with van der Waals surface area (Å²) in [4.78, 5) is 15.7. The predicted molar refractivity (Wildman–Crippen MR) is 65.1 cm³/mol. The van der Waals surface area contributed by atoms with Crippen molar-refractivity contribution in [3.05, 3.63) is 25.8 Å². The van der Waals surface area contributed by atoms with E-state index in [9.17, 15) is 4.79 Å². The van der Waals surface area contributed by atoms with Gasteiger partial charge >= 0.3 is 0 Å². The van der Waals surface area contributed by atoms with Crippen LogP contribution in [0.4, 0.5) is 0 Å². The summed E-state index contributed by atoms with van der Waals surface area (Å²) in [5.74, 6) is 0. The highest BCUT2D eigenvalue weighted by molar-refractivity contribution is 9.11. The molecule has 1 aromatic rings. The predicted octanol–water partition coefficient (Wildman–Crippen LogP) is 2.37. The van der Waals surface area contributed by atoms with Crippen LogP contribution in [0.15, 0.2) is 20.2 Å². The first-order valence-corrected chi connectivity index (χ1v) is 6.11. The molecule has 0 saturated carbocycles.